The van der Waals surface area contributed by atoms with Crippen LogP contribution in [0.25, 0.3) is 6.08 Å². The molecule has 18 nitrogen and oxygen atoms in total. The van der Waals surface area contributed by atoms with Crippen LogP contribution in [-0.4, -0.2) is 111 Å². The number of benzene rings is 3. The topological polar surface area (TPSA) is 192 Å². The Kier molecular flexibility index (Phi) is 17.3. The molecule has 0 spiro atoms. The molecule has 3 aromatic rings. The number of anilines is 2. The highest BCUT2D eigenvalue weighted by molar-refractivity contribution is 6.74. The van der Waals surface area contributed by atoms with Crippen LogP contribution in [0.3, 0.4) is 0 Å². The minimum absolute atomic E-state index is 0.103. The maximum atomic E-state index is 14.8. The summed E-state index contributed by atoms with van der Waals surface area (Å²) in [6.45, 7) is 35.5. The Bertz CT molecular complexity index is 2880. The van der Waals surface area contributed by atoms with E-state index in [0.29, 0.717) is 29.5 Å². The van der Waals surface area contributed by atoms with E-state index in [1.807, 2.05) is 32.3 Å². The van der Waals surface area contributed by atoms with Gasteiger partial charge in [0.25, 0.3) is 11.8 Å². The van der Waals surface area contributed by atoms with Crippen LogP contribution >= 0.6 is 0 Å². The summed E-state index contributed by atoms with van der Waals surface area (Å²) in [5.41, 5.74) is 2.56. The van der Waals surface area contributed by atoms with E-state index >= 15 is 0 Å². The van der Waals surface area contributed by atoms with E-state index < -0.39 is 70.5 Å². The van der Waals surface area contributed by atoms with Crippen molar-refractivity contribution in [3.8, 4) is 23.0 Å². The first-order valence-corrected chi connectivity index (χ1v) is 33.3. The number of aliphatic carboxylic acids is 1. The third-order valence-corrected chi connectivity index (χ3v) is 24.5. The minimum atomic E-state index is -2.65. The van der Waals surface area contributed by atoms with Gasteiger partial charge < -0.3 is 52.2 Å². The van der Waals surface area contributed by atoms with Gasteiger partial charge in [-0.05, 0) is 158 Å². The molecule has 4 aliphatic rings. The Morgan fingerprint density at radius 1 is 0.580 bits per heavy atom. The van der Waals surface area contributed by atoms with Crippen LogP contribution in [-0.2, 0) is 36.3 Å². The fourth-order valence-electron chi connectivity index (χ4n) is 9.59. The summed E-state index contributed by atoms with van der Waals surface area (Å²) in [5, 5.41) is 9.18. The van der Waals surface area contributed by atoms with Gasteiger partial charge in [0.05, 0.1) is 48.8 Å². The van der Waals surface area contributed by atoms with Gasteiger partial charge in [-0.1, -0.05) is 52.7 Å². The number of nitrogens with zero attached hydrogens (tertiary/aromatic N) is 4. The Balaban J connectivity index is 1.30. The van der Waals surface area contributed by atoms with Gasteiger partial charge in [0.15, 0.2) is 52.1 Å². The highest BCUT2D eigenvalue weighted by Crippen LogP contribution is 2.48. The van der Waals surface area contributed by atoms with Crippen LogP contribution in [0.1, 0.15) is 147 Å². The van der Waals surface area contributed by atoms with E-state index in [-0.39, 0.29) is 80.6 Å². The van der Waals surface area contributed by atoms with Crippen molar-refractivity contribution in [1.29, 1.82) is 0 Å². The number of hydrogen-bond acceptors (Lipinski definition) is 13. The molecule has 81 heavy (non-hydrogen) atoms. The zero-order valence-electron chi connectivity index (χ0n) is 51.0. The van der Waals surface area contributed by atoms with Gasteiger partial charge in [0.2, 0.25) is 0 Å². The first kappa shape index (κ1) is 62.0. The Hall–Kier alpha value is -6.62. The van der Waals surface area contributed by atoms with Crippen LogP contribution in [0.4, 0.5) is 21.0 Å². The lowest BCUT2D eigenvalue weighted by Gasteiger charge is -2.44. The predicted molar refractivity (Wildman–Crippen MR) is 316 cm³/mol. The molecule has 3 aromatic carbocycles. The number of fused-ring (bicyclic) bond motifs is 4. The van der Waals surface area contributed by atoms with Crippen molar-refractivity contribution in [2.45, 2.75) is 195 Å². The normalized spacial score (nSPS) is 19.7. The van der Waals surface area contributed by atoms with Gasteiger partial charge in [-0.25, -0.2) is 24.2 Å². The lowest BCUT2D eigenvalue weighted by atomic mass is 10.1. The summed E-state index contributed by atoms with van der Waals surface area (Å²) in [4.78, 5) is 77.1. The van der Waals surface area contributed by atoms with E-state index in [2.05, 4.69) is 67.7 Å². The Morgan fingerprint density at radius 3 is 1.27 bits per heavy atom. The molecule has 440 valence electrons. The molecule has 0 fully saturated rings. The quantitative estimate of drug-likeness (QED) is 0.118. The van der Waals surface area contributed by atoms with Crippen molar-refractivity contribution in [3.63, 3.8) is 0 Å². The molecule has 20 heteroatoms. The second-order valence-electron chi connectivity index (χ2n) is 26.5. The number of carbonyl (C=O) groups is 5. The second-order valence-corrected chi connectivity index (χ2v) is 36.0. The van der Waals surface area contributed by atoms with Gasteiger partial charge in [0.1, 0.15) is 24.4 Å². The van der Waals surface area contributed by atoms with Crippen LogP contribution < -0.4 is 28.7 Å². The van der Waals surface area contributed by atoms with E-state index in [4.69, 9.17) is 37.3 Å². The largest absolute Gasteiger partial charge is 0.493 e. The van der Waals surface area contributed by atoms with Crippen molar-refractivity contribution < 1.29 is 66.4 Å². The summed E-state index contributed by atoms with van der Waals surface area (Å²) >= 11 is 0. The second kappa shape index (κ2) is 22.6. The first-order chi connectivity index (χ1) is 37.3. The Labute approximate surface area is 480 Å². The van der Waals surface area contributed by atoms with Crippen LogP contribution in [0.15, 0.2) is 72.1 Å². The number of amides is 4. The van der Waals surface area contributed by atoms with Crippen LogP contribution in [0.2, 0.25) is 36.3 Å². The SMILES string of the molecule is COc1cc2c(cc1OCc1cc(C=CC(=O)O)cc(COc3cc4c(cc3OC)C(=O)N3C=C(C)C[C@H]3[C@H](O[Si](C)(C)C(C)(C)C)N4C(=O)OC(C)(C)C)c1)N(C(=O)OC(C)(C)C)[C@@H](O[Si](C)(C)C(C)(C)C)[C@@H]1CC(C)=CN1C2=O. The molecule has 0 saturated heterocycles. The average molecular weight is 1150 g/mol. The molecular formula is C61H84N4O14Si2. The number of rotatable bonds is 14. The van der Waals surface area contributed by atoms with Crippen LogP contribution in [0, 0.1) is 0 Å². The lowest BCUT2D eigenvalue weighted by Crippen LogP contribution is -2.58. The van der Waals surface area contributed by atoms with Gasteiger partial charge >= 0.3 is 18.2 Å². The van der Waals surface area contributed by atoms with Crippen molar-refractivity contribution in [2.75, 3.05) is 24.0 Å². The van der Waals surface area contributed by atoms with Crippen molar-refractivity contribution >= 4 is 64.1 Å². The zero-order chi connectivity index (χ0) is 60.3. The highest BCUT2D eigenvalue weighted by Gasteiger charge is 2.53. The molecule has 0 radical (unpaired) electrons. The molecule has 4 amide bonds. The smallest absolute Gasteiger partial charge is 0.417 e. The van der Waals surface area contributed by atoms with Crippen molar-refractivity contribution in [3.05, 3.63) is 99.9 Å². The summed E-state index contributed by atoms with van der Waals surface area (Å²) in [7, 11) is -2.39. The Morgan fingerprint density at radius 2 is 0.951 bits per heavy atom. The van der Waals surface area contributed by atoms with Gasteiger partial charge in [-0.15, -0.1) is 0 Å². The molecule has 0 aliphatic carbocycles. The summed E-state index contributed by atoms with van der Waals surface area (Å²) in [5.74, 6) is -1.03. The number of hydrogen-bond donors (Lipinski definition) is 1. The predicted octanol–water partition coefficient (Wildman–Crippen LogP) is 13.4. The third-order valence-electron chi connectivity index (χ3n) is 15.6. The van der Waals surface area contributed by atoms with E-state index in [9.17, 15) is 29.1 Å². The first-order valence-electron chi connectivity index (χ1n) is 27.5. The number of carbonyl (C=O) groups excluding carboxylic acids is 4. The minimum Gasteiger partial charge on any atom is -0.493 e. The standard InChI is InChI=1S/C61H84N4O14Si2/c1-36-23-45-54(78-80(17,18)60(9,10)11)64(56(70)76-58(3,4)5)43-30-49(47(72-15)28-41(43)52(68)62(45)32-36)74-34-39-25-38(21-22-51(66)67)26-40(27-39)35-75-50-31-44-42(29-48(50)73-16)53(69)63-33-37(2)24-46(63)55(79-81(19,20)61(12,13)14)65(44)57(71)77-59(6,7)8/h21-22,25-33,45-46,54-55H,23-24,34-35H2,1-20H3,(H,66,67)/t45-,46-,54-,55-/m0/s1. The monoisotopic (exact) mass is 1150 g/mol. The molecule has 1 N–H and O–H groups in total. The summed E-state index contributed by atoms with van der Waals surface area (Å²) < 4.78 is 51.6. The number of carboxylic acid groups (broad SMARTS) is 1. The maximum absolute atomic E-state index is 14.8. The summed E-state index contributed by atoms with van der Waals surface area (Å²) in [6, 6.07) is 10.6. The molecule has 0 saturated carbocycles. The molecule has 7 rings (SSSR count). The van der Waals surface area contributed by atoms with Crippen molar-refractivity contribution in [1.82, 2.24) is 9.80 Å². The van der Waals surface area contributed by atoms with Gasteiger partial charge in [-0.3, -0.25) is 9.59 Å². The van der Waals surface area contributed by atoms with E-state index in [1.165, 1.54) is 30.1 Å². The molecule has 0 unspecified atom stereocenters. The molecule has 4 atom stereocenters. The van der Waals surface area contributed by atoms with Gasteiger partial charge in [-0.2, -0.15) is 0 Å². The molecule has 0 aromatic heterocycles. The fraction of sp³-hybridized carbons (Fsp3) is 0.525. The molecule has 0 bridgehead atoms. The lowest BCUT2D eigenvalue weighted by molar-refractivity contribution is -0.131. The third kappa shape index (κ3) is 13.5. The van der Waals surface area contributed by atoms with Crippen molar-refractivity contribution in [2.24, 2.45) is 0 Å². The summed E-state index contributed by atoms with van der Waals surface area (Å²) in [6.07, 6.45) is 3.72. The van der Waals surface area contributed by atoms with Gasteiger partial charge in [0, 0.05) is 30.6 Å². The number of methoxy groups -OCH3 is 2. The van der Waals surface area contributed by atoms with Crippen LogP contribution in [0.5, 0.6) is 23.0 Å². The number of ether oxygens (including phenoxy) is 6. The molecule has 4 heterocycles. The molecule has 4 aliphatic heterocycles. The highest BCUT2D eigenvalue weighted by atomic mass is 28.4. The van der Waals surface area contributed by atoms with E-state index in [0.717, 1.165) is 17.2 Å². The number of carboxylic acids is 1. The molecular weight excluding hydrogens is 1070 g/mol. The fourth-order valence-corrected chi connectivity index (χ4v) is 12.0. The maximum Gasteiger partial charge on any atom is 0.417 e. The zero-order valence-corrected chi connectivity index (χ0v) is 53.0. The average Bonchev–Trinajstić information content (AvgIpc) is 4.17. The van der Waals surface area contributed by atoms with E-state index in [1.54, 1.807) is 87.7 Å².